The monoisotopic (exact) mass is 204 g/mol. The highest BCUT2D eigenvalue weighted by Gasteiger charge is 2.21. The van der Waals surface area contributed by atoms with Crippen LogP contribution in [-0.2, 0) is 4.84 Å². The summed E-state index contributed by atoms with van der Waals surface area (Å²) in [5.41, 5.74) is 1.62. The van der Waals surface area contributed by atoms with Gasteiger partial charge in [0.05, 0.1) is 18.2 Å². The fourth-order valence-corrected chi connectivity index (χ4v) is 1.45. The number of hydrogen-bond donors (Lipinski definition) is 0. The molecule has 0 amide bonds. The van der Waals surface area contributed by atoms with Crippen LogP contribution >= 0.6 is 0 Å². The molecular weight excluding hydrogens is 195 g/mol. The van der Waals surface area contributed by atoms with Crippen molar-refractivity contribution in [2.24, 2.45) is 5.16 Å². The van der Waals surface area contributed by atoms with Crippen molar-refractivity contribution in [2.75, 3.05) is 0 Å². The lowest BCUT2D eigenvalue weighted by Crippen LogP contribution is -2.07. The molecule has 1 aliphatic rings. The number of hydrogen-bond acceptors (Lipinski definition) is 3. The van der Waals surface area contributed by atoms with Crippen LogP contribution < -0.4 is 0 Å². The van der Waals surface area contributed by atoms with E-state index in [0.29, 0.717) is 12.8 Å². The van der Waals surface area contributed by atoms with Crippen molar-refractivity contribution < 1.29 is 9.23 Å². The van der Waals surface area contributed by atoms with Gasteiger partial charge in [0, 0.05) is 6.42 Å². The molecule has 4 heteroatoms. The lowest BCUT2D eigenvalue weighted by molar-refractivity contribution is 0.0891. The summed E-state index contributed by atoms with van der Waals surface area (Å²) in [5.74, 6) is -0.271. The normalized spacial score (nSPS) is 19.2. The minimum absolute atomic E-state index is 0.157. The van der Waals surface area contributed by atoms with E-state index in [1.165, 1.54) is 12.1 Å². The second-order valence-corrected chi connectivity index (χ2v) is 3.34. The Kier molecular flexibility index (Phi) is 2.64. The van der Waals surface area contributed by atoms with E-state index in [2.05, 4.69) is 5.16 Å². The molecule has 0 aromatic heterocycles. The molecule has 0 unspecified atom stereocenters. The van der Waals surface area contributed by atoms with Gasteiger partial charge in [-0.3, -0.25) is 0 Å². The van der Waals surface area contributed by atoms with Crippen LogP contribution in [0.4, 0.5) is 4.39 Å². The maximum atomic E-state index is 12.7. The van der Waals surface area contributed by atoms with Gasteiger partial charge in [-0.2, -0.15) is 5.26 Å². The SMILES string of the molecule is N#CC[C@H]1CC(c2ccc(F)cc2)=NO1. The number of benzene rings is 1. The maximum absolute atomic E-state index is 12.7. The Bertz CT molecular complexity index is 419. The molecule has 1 atom stereocenters. The van der Waals surface area contributed by atoms with E-state index < -0.39 is 0 Å². The van der Waals surface area contributed by atoms with Gasteiger partial charge in [-0.15, -0.1) is 0 Å². The fraction of sp³-hybridized carbons (Fsp3) is 0.273. The second kappa shape index (κ2) is 4.09. The molecule has 0 saturated heterocycles. The molecule has 3 nitrogen and oxygen atoms in total. The smallest absolute Gasteiger partial charge is 0.146 e. The van der Waals surface area contributed by atoms with Crippen LogP contribution in [0.2, 0.25) is 0 Å². The van der Waals surface area contributed by atoms with E-state index in [4.69, 9.17) is 10.1 Å². The lowest BCUT2D eigenvalue weighted by Gasteiger charge is -2.00. The Balaban J connectivity index is 2.08. The van der Waals surface area contributed by atoms with Gasteiger partial charge in [0.1, 0.15) is 11.9 Å². The fourth-order valence-electron chi connectivity index (χ4n) is 1.45. The second-order valence-electron chi connectivity index (χ2n) is 3.34. The Labute approximate surface area is 86.8 Å². The lowest BCUT2D eigenvalue weighted by atomic mass is 10.0. The summed E-state index contributed by atoms with van der Waals surface area (Å²) < 4.78 is 12.7. The quantitative estimate of drug-likeness (QED) is 0.741. The van der Waals surface area contributed by atoms with Crippen LogP contribution in [0.3, 0.4) is 0 Å². The molecule has 1 aromatic rings. The van der Waals surface area contributed by atoms with Crippen LogP contribution in [0.5, 0.6) is 0 Å². The van der Waals surface area contributed by atoms with Crippen LogP contribution in [0.25, 0.3) is 0 Å². The van der Waals surface area contributed by atoms with Gasteiger partial charge in [0.25, 0.3) is 0 Å². The zero-order valence-corrected chi connectivity index (χ0v) is 7.98. The highest BCUT2D eigenvalue weighted by atomic mass is 19.1. The minimum Gasteiger partial charge on any atom is -0.391 e. The molecule has 0 aliphatic carbocycles. The predicted octanol–water partition coefficient (Wildman–Crippen LogP) is 2.23. The van der Waals surface area contributed by atoms with E-state index in [9.17, 15) is 4.39 Å². The average Bonchev–Trinajstić information content (AvgIpc) is 2.68. The summed E-state index contributed by atoms with van der Waals surface area (Å²) in [7, 11) is 0. The largest absolute Gasteiger partial charge is 0.391 e. The first kappa shape index (κ1) is 9.66. The summed E-state index contributed by atoms with van der Waals surface area (Å²) in [6.45, 7) is 0. The third kappa shape index (κ3) is 2.13. The maximum Gasteiger partial charge on any atom is 0.146 e. The zero-order chi connectivity index (χ0) is 10.7. The van der Waals surface area contributed by atoms with E-state index in [1.54, 1.807) is 12.1 Å². The number of halogens is 1. The summed E-state index contributed by atoms with van der Waals surface area (Å²) in [6.07, 6.45) is 0.781. The van der Waals surface area contributed by atoms with E-state index in [1.807, 2.05) is 6.07 Å². The first-order valence-corrected chi connectivity index (χ1v) is 4.65. The highest BCUT2D eigenvalue weighted by molar-refractivity contribution is 6.01. The first-order chi connectivity index (χ1) is 7.29. The van der Waals surface area contributed by atoms with Crippen molar-refractivity contribution >= 4 is 5.71 Å². The van der Waals surface area contributed by atoms with Crippen molar-refractivity contribution in [2.45, 2.75) is 18.9 Å². The van der Waals surface area contributed by atoms with Gasteiger partial charge < -0.3 is 4.84 Å². The van der Waals surface area contributed by atoms with Crippen LogP contribution in [0.1, 0.15) is 18.4 Å². The molecule has 1 aliphatic heterocycles. The Morgan fingerprint density at radius 3 is 2.87 bits per heavy atom. The zero-order valence-electron chi connectivity index (χ0n) is 7.98. The topological polar surface area (TPSA) is 45.4 Å². The van der Waals surface area contributed by atoms with Gasteiger partial charge in [-0.25, -0.2) is 4.39 Å². The summed E-state index contributed by atoms with van der Waals surface area (Å²) in [5, 5.41) is 12.4. The molecule has 15 heavy (non-hydrogen) atoms. The van der Waals surface area contributed by atoms with Crippen LogP contribution in [-0.4, -0.2) is 11.8 Å². The summed E-state index contributed by atoms with van der Waals surface area (Å²) >= 11 is 0. The Morgan fingerprint density at radius 1 is 1.47 bits per heavy atom. The molecule has 0 bridgehead atoms. The summed E-state index contributed by atoms with van der Waals surface area (Å²) in [4.78, 5) is 5.06. The van der Waals surface area contributed by atoms with Crippen LogP contribution in [0.15, 0.2) is 29.4 Å². The molecular formula is C11H9FN2O. The van der Waals surface area contributed by atoms with Gasteiger partial charge in [0.15, 0.2) is 0 Å². The molecule has 0 fully saturated rings. The number of nitrogens with zero attached hydrogens (tertiary/aromatic N) is 2. The molecule has 76 valence electrons. The average molecular weight is 204 g/mol. The van der Waals surface area contributed by atoms with Crippen molar-refractivity contribution in [1.29, 1.82) is 5.26 Å². The molecule has 0 spiro atoms. The van der Waals surface area contributed by atoms with Crippen molar-refractivity contribution in [3.8, 4) is 6.07 Å². The van der Waals surface area contributed by atoms with E-state index in [0.717, 1.165) is 11.3 Å². The minimum atomic E-state index is -0.271. The third-order valence-electron chi connectivity index (χ3n) is 2.23. The third-order valence-corrected chi connectivity index (χ3v) is 2.23. The van der Waals surface area contributed by atoms with Gasteiger partial charge in [-0.1, -0.05) is 17.3 Å². The Hall–Kier alpha value is -1.89. The summed E-state index contributed by atoms with van der Waals surface area (Å²) in [6, 6.07) is 8.12. The van der Waals surface area contributed by atoms with Crippen molar-refractivity contribution in [3.05, 3.63) is 35.6 Å². The van der Waals surface area contributed by atoms with Crippen molar-refractivity contribution in [1.82, 2.24) is 0 Å². The van der Waals surface area contributed by atoms with E-state index in [-0.39, 0.29) is 11.9 Å². The van der Waals surface area contributed by atoms with Gasteiger partial charge >= 0.3 is 0 Å². The Morgan fingerprint density at radius 2 is 2.20 bits per heavy atom. The molecule has 0 N–H and O–H groups in total. The van der Waals surface area contributed by atoms with E-state index >= 15 is 0 Å². The van der Waals surface area contributed by atoms with Gasteiger partial charge in [-0.05, 0) is 17.7 Å². The molecule has 0 saturated carbocycles. The standard InChI is InChI=1S/C11H9FN2O/c12-9-3-1-8(2-4-9)11-7-10(5-6-13)15-14-11/h1-4,10H,5,7H2/t10-/m0/s1. The molecule has 1 heterocycles. The number of nitriles is 1. The van der Waals surface area contributed by atoms with Crippen molar-refractivity contribution in [3.63, 3.8) is 0 Å². The number of oxime groups is 1. The number of rotatable bonds is 2. The molecule has 0 radical (unpaired) electrons. The predicted molar refractivity (Wildman–Crippen MR) is 52.7 cm³/mol. The van der Waals surface area contributed by atoms with Crippen LogP contribution in [0, 0.1) is 17.1 Å². The molecule has 2 rings (SSSR count). The first-order valence-electron chi connectivity index (χ1n) is 4.65. The highest BCUT2D eigenvalue weighted by Crippen LogP contribution is 2.18. The van der Waals surface area contributed by atoms with Gasteiger partial charge in [0.2, 0.25) is 0 Å². The molecule has 1 aromatic carbocycles.